The molecule has 1 aromatic rings. The zero-order chi connectivity index (χ0) is 10.8. The monoisotopic (exact) mass is 192 g/mol. The van der Waals surface area contributed by atoms with Crippen molar-refractivity contribution in [3.05, 3.63) is 42.5 Å². The Balaban J connectivity index is 3.15. The smallest absolute Gasteiger partial charge is 0.121 e. The molecule has 1 aromatic carbocycles. The van der Waals surface area contributed by atoms with Crippen LogP contribution in [0.2, 0.25) is 0 Å². The Morgan fingerprint density at radius 2 is 2.00 bits per heavy atom. The van der Waals surface area contributed by atoms with E-state index in [4.69, 9.17) is 0 Å². The molecule has 0 bridgehead atoms. The second-order valence-electron chi connectivity index (χ2n) is 3.69. The van der Waals surface area contributed by atoms with E-state index < -0.39 is 5.60 Å². The summed E-state index contributed by atoms with van der Waals surface area (Å²) in [6, 6.07) is 6.81. The minimum absolute atomic E-state index is 0.115. The maximum absolute atomic E-state index is 10.2. The van der Waals surface area contributed by atoms with Gasteiger partial charge in [0.2, 0.25) is 0 Å². The molecule has 2 heteroatoms. The third-order valence-corrected chi connectivity index (χ3v) is 2.69. The molecule has 0 aliphatic heterocycles. The Labute approximate surface area is 84.5 Å². The highest BCUT2D eigenvalue weighted by Crippen LogP contribution is 2.34. The number of phenols is 1. The molecule has 1 rings (SSSR count). The van der Waals surface area contributed by atoms with E-state index in [1.54, 1.807) is 37.3 Å². The lowest BCUT2D eigenvalue weighted by Crippen LogP contribution is -2.28. The fourth-order valence-corrected chi connectivity index (χ4v) is 1.38. The van der Waals surface area contributed by atoms with Crippen LogP contribution in [0.15, 0.2) is 36.9 Å². The van der Waals surface area contributed by atoms with Gasteiger partial charge >= 0.3 is 0 Å². The van der Waals surface area contributed by atoms with Crippen molar-refractivity contribution in [1.82, 2.24) is 0 Å². The average molecular weight is 192 g/mol. The topological polar surface area (TPSA) is 40.5 Å². The van der Waals surface area contributed by atoms with Gasteiger partial charge in [-0.3, -0.25) is 0 Å². The number of benzene rings is 1. The molecular weight excluding hydrogens is 176 g/mol. The van der Waals surface area contributed by atoms with E-state index in [9.17, 15) is 10.2 Å². The zero-order valence-electron chi connectivity index (χ0n) is 8.57. The van der Waals surface area contributed by atoms with Crippen molar-refractivity contribution in [3.8, 4) is 5.75 Å². The third kappa shape index (κ3) is 1.80. The maximum Gasteiger partial charge on any atom is 0.121 e. The highest BCUT2D eigenvalue weighted by molar-refractivity contribution is 5.37. The summed E-state index contributed by atoms with van der Waals surface area (Å²) < 4.78 is 0. The third-order valence-electron chi connectivity index (χ3n) is 2.69. The number of phenolic OH excluding ortho intramolecular Hbond substituents is 1. The Hall–Kier alpha value is -1.28. The molecule has 0 fully saturated rings. The predicted molar refractivity (Wildman–Crippen MR) is 57.0 cm³/mol. The molecule has 0 aliphatic carbocycles. The van der Waals surface area contributed by atoms with Crippen molar-refractivity contribution in [2.24, 2.45) is 5.92 Å². The van der Waals surface area contributed by atoms with Crippen molar-refractivity contribution in [3.63, 3.8) is 0 Å². The molecule has 2 nitrogen and oxygen atoms in total. The highest BCUT2D eigenvalue weighted by atomic mass is 16.3. The lowest BCUT2D eigenvalue weighted by molar-refractivity contribution is 0.0184. The van der Waals surface area contributed by atoms with Gasteiger partial charge in [-0.25, -0.2) is 0 Å². The molecule has 76 valence electrons. The molecule has 0 saturated heterocycles. The number of rotatable bonds is 3. The first kappa shape index (κ1) is 10.8. The Morgan fingerprint density at radius 3 is 2.50 bits per heavy atom. The fraction of sp³-hybridized carbons (Fsp3) is 0.333. The summed E-state index contributed by atoms with van der Waals surface area (Å²) in [6.45, 7) is 7.18. The van der Waals surface area contributed by atoms with Gasteiger partial charge in [0.1, 0.15) is 5.75 Å². The molecule has 0 aromatic heterocycles. The minimum atomic E-state index is -1.08. The van der Waals surface area contributed by atoms with Crippen LogP contribution in [0.5, 0.6) is 5.75 Å². The molecule has 0 spiro atoms. The van der Waals surface area contributed by atoms with Gasteiger partial charge in [-0.15, -0.1) is 6.58 Å². The minimum Gasteiger partial charge on any atom is -0.508 e. The quantitative estimate of drug-likeness (QED) is 0.722. The number of aliphatic hydroxyl groups is 1. The van der Waals surface area contributed by atoms with Gasteiger partial charge in [0.05, 0.1) is 5.60 Å². The molecule has 14 heavy (non-hydrogen) atoms. The van der Waals surface area contributed by atoms with Crippen molar-refractivity contribution in [1.29, 1.82) is 0 Å². The van der Waals surface area contributed by atoms with Gasteiger partial charge in [0.15, 0.2) is 0 Å². The first-order chi connectivity index (χ1) is 6.50. The van der Waals surface area contributed by atoms with Crippen LogP contribution in [0, 0.1) is 5.92 Å². The number of hydrogen-bond donors (Lipinski definition) is 2. The fourth-order valence-electron chi connectivity index (χ4n) is 1.38. The Morgan fingerprint density at radius 1 is 1.43 bits per heavy atom. The lowest BCUT2D eigenvalue weighted by atomic mass is 9.83. The Kier molecular flexibility index (Phi) is 2.96. The van der Waals surface area contributed by atoms with E-state index in [1.165, 1.54) is 0 Å². The van der Waals surface area contributed by atoms with Crippen LogP contribution in [0.25, 0.3) is 0 Å². The van der Waals surface area contributed by atoms with Gasteiger partial charge in [-0.2, -0.15) is 0 Å². The van der Waals surface area contributed by atoms with E-state index >= 15 is 0 Å². The van der Waals surface area contributed by atoms with E-state index in [0.29, 0.717) is 5.56 Å². The van der Waals surface area contributed by atoms with Gasteiger partial charge in [0.25, 0.3) is 0 Å². The summed E-state index contributed by atoms with van der Waals surface area (Å²) in [7, 11) is 0. The number of hydrogen-bond acceptors (Lipinski definition) is 2. The van der Waals surface area contributed by atoms with Gasteiger partial charge in [-0.05, 0) is 13.0 Å². The molecule has 2 atom stereocenters. The van der Waals surface area contributed by atoms with Crippen LogP contribution in [0.4, 0.5) is 0 Å². The van der Waals surface area contributed by atoms with Crippen LogP contribution in [0.3, 0.4) is 0 Å². The van der Waals surface area contributed by atoms with Crippen LogP contribution >= 0.6 is 0 Å². The first-order valence-corrected chi connectivity index (χ1v) is 4.63. The Bertz CT molecular complexity index is 329. The van der Waals surface area contributed by atoms with E-state index in [-0.39, 0.29) is 11.7 Å². The van der Waals surface area contributed by atoms with E-state index in [0.717, 1.165) is 0 Å². The highest BCUT2D eigenvalue weighted by Gasteiger charge is 2.30. The summed E-state index contributed by atoms with van der Waals surface area (Å²) in [5.74, 6) is 0.00185. The van der Waals surface area contributed by atoms with Gasteiger partial charge in [-0.1, -0.05) is 31.2 Å². The van der Waals surface area contributed by atoms with Crippen molar-refractivity contribution >= 4 is 0 Å². The predicted octanol–water partition coefficient (Wildman–Crippen LogP) is 2.42. The van der Waals surface area contributed by atoms with Crippen molar-refractivity contribution < 1.29 is 10.2 Å². The summed E-state index contributed by atoms with van der Waals surface area (Å²) in [5.41, 5.74) is -0.542. The van der Waals surface area contributed by atoms with Crippen molar-refractivity contribution in [2.75, 3.05) is 0 Å². The molecule has 0 unspecified atom stereocenters. The van der Waals surface area contributed by atoms with E-state index in [1.807, 2.05) is 6.92 Å². The van der Waals surface area contributed by atoms with Crippen LogP contribution in [0.1, 0.15) is 19.4 Å². The second-order valence-corrected chi connectivity index (χ2v) is 3.69. The maximum atomic E-state index is 10.2. The molecule has 0 radical (unpaired) electrons. The van der Waals surface area contributed by atoms with Crippen LogP contribution in [-0.4, -0.2) is 10.2 Å². The average Bonchev–Trinajstić information content (AvgIpc) is 2.17. The number of aromatic hydroxyl groups is 1. The summed E-state index contributed by atoms with van der Waals surface area (Å²) >= 11 is 0. The summed E-state index contributed by atoms with van der Waals surface area (Å²) in [4.78, 5) is 0. The van der Waals surface area contributed by atoms with Crippen LogP contribution in [-0.2, 0) is 5.60 Å². The number of para-hydroxylation sites is 1. The second kappa shape index (κ2) is 3.84. The zero-order valence-corrected chi connectivity index (χ0v) is 8.57. The van der Waals surface area contributed by atoms with Crippen LogP contribution < -0.4 is 0 Å². The van der Waals surface area contributed by atoms with Gasteiger partial charge < -0.3 is 10.2 Å². The molecule has 0 amide bonds. The molecule has 2 N–H and O–H groups in total. The molecule has 0 saturated carbocycles. The van der Waals surface area contributed by atoms with E-state index in [2.05, 4.69) is 6.58 Å². The molecule has 0 aliphatic rings. The largest absolute Gasteiger partial charge is 0.508 e. The lowest BCUT2D eigenvalue weighted by Gasteiger charge is -2.29. The standard InChI is InChI=1S/C12H16O2/c1-4-9(2)12(3,14)10-7-5-6-8-11(10)13/h4-9,13-14H,1H2,2-3H3/t9-,12-/m1/s1. The molecule has 0 heterocycles. The van der Waals surface area contributed by atoms with Gasteiger partial charge in [0, 0.05) is 11.5 Å². The normalized spacial score (nSPS) is 17.1. The summed E-state index contributed by atoms with van der Waals surface area (Å²) in [6.07, 6.45) is 1.67. The summed E-state index contributed by atoms with van der Waals surface area (Å²) in [5, 5.41) is 19.8. The first-order valence-electron chi connectivity index (χ1n) is 4.63. The molecular formula is C12H16O2. The SMILES string of the molecule is C=C[C@@H](C)[C@@](C)(O)c1ccccc1O. The van der Waals surface area contributed by atoms with Crippen molar-refractivity contribution in [2.45, 2.75) is 19.4 Å².